The van der Waals surface area contributed by atoms with Crippen LogP contribution in [-0.4, -0.2) is 36.8 Å². The number of aliphatic hydroxyl groups is 1. The molecule has 0 fully saturated rings. The van der Waals surface area contributed by atoms with E-state index in [4.69, 9.17) is 0 Å². The van der Waals surface area contributed by atoms with Crippen molar-refractivity contribution >= 4 is 11.9 Å². The van der Waals surface area contributed by atoms with Crippen LogP contribution in [0.2, 0.25) is 0 Å². The molecule has 0 spiro atoms. The van der Waals surface area contributed by atoms with Crippen molar-refractivity contribution in [2.24, 2.45) is 0 Å². The van der Waals surface area contributed by atoms with Gasteiger partial charge in [-0.25, -0.2) is 0 Å². The highest BCUT2D eigenvalue weighted by Crippen LogP contribution is 2.16. The molecule has 1 aromatic rings. The summed E-state index contributed by atoms with van der Waals surface area (Å²) >= 11 is 0. The first-order chi connectivity index (χ1) is 9.74. The van der Waals surface area contributed by atoms with E-state index in [1.54, 1.807) is 17.4 Å². The van der Waals surface area contributed by atoms with Crippen molar-refractivity contribution in [3.63, 3.8) is 0 Å². The number of carbonyl (C=O) groups excluding carboxylic acids is 2. The maximum absolute atomic E-state index is 12.0. The van der Waals surface area contributed by atoms with Gasteiger partial charge in [0.05, 0.1) is 19.6 Å². The zero-order valence-electron chi connectivity index (χ0n) is 11.1. The van der Waals surface area contributed by atoms with E-state index in [9.17, 15) is 27.9 Å². The van der Waals surface area contributed by atoms with E-state index in [-0.39, 0.29) is 6.42 Å². The minimum Gasteiger partial charge on any atom is -0.469 e. The van der Waals surface area contributed by atoms with Gasteiger partial charge < -0.3 is 15.2 Å². The van der Waals surface area contributed by atoms with Crippen LogP contribution in [-0.2, 0) is 20.7 Å². The van der Waals surface area contributed by atoms with Gasteiger partial charge in [-0.2, -0.15) is 13.2 Å². The predicted molar refractivity (Wildman–Crippen MR) is 66.2 cm³/mol. The number of ether oxygens (including phenoxy) is 1. The van der Waals surface area contributed by atoms with Gasteiger partial charge in [-0.3, -0.25) is 9.59 Å². The van der Waals surface area contributed by atoms with Gasteiger partial charge in [0.2, 0.25) is 0 Å². The quantitative estimate of drug-likeness (QED) is 0.799. The number of rotatable bonds is 5. The fraction of sp³-hybridized carbons (Fsp3) is 0.385. The van der Waals surface area contributed by atoms with Gasteiger partial charge in [0.1, 0.15) is 0 Å². The lowest BCUT2D eigenvalue weighted by molar-refractivity contribution is -0.174. The number of halogens is 3. The number of esters is 1. The van der Waals surface area contributed by atoms with Gasteiger partial charge in [0, 0.05) is 6.54 Å². The molecule has 0 aliphatic carbocycles. The van der Waals surface area contributed by atoms with Crippen LogP contribution < -0.4 is 5.32 Å². The van der Waals surface area contributed by atoms with Crippen molar-refractivity contribution in [3.8, 4) is 0 Å². The zero-order chi connectivity index (χ0) is 16.0. The number of aliphatic hydroxyl groups excluding tert-OH is 1. The van der Waals surface area contributed by atoms with Crippen molar-refractivity contribution in [2.45, 2.75) is 18.7 Å². The molecule has 1 unspecified atom stereocenters. The highest BCUT2D eigenvalue weighted by atomic mass is 19.4. The van der Waals surface area contributed by atoms with E-state index >= 15 is 0 Å². The number of alkyl halides is 3. The Kier molecular flexibility index (Phi) is 5.71. The molecule has 0 heterocycles. The van der Waals surface area contributed by atoms with Crippen LogP contribution in [0, 0.1) is 0 Å². The van der Waals surface area contributed by atoms with E-state index in [0.717, 1.165) is 0 Å². The smallest absolute Gasteiger partial charge is 0.469 e. The van der Waals surface area contributed by atoms with Gasteiger partial charge >= 0.3 is 18.1 Å². The Balaban J connectivity index is 2.57. The number of nitrogens with one attached hydrogen (secondary N) is 1. The molecule has 0 saturated carbocycles. The third kappa shape index (κ3) is 5.42. The molecule has 0 aliphatic rings. The van der Waals surface area contributed by atoms with Crippen LogP contribution in [0.25, 0.3) is 0 Å². The molecule has 116 valence electrons. The Morgan fingerprint density at radius 2 is 1.86 bits per heavy atom. The van der Waals surface area contributed by atoms with Crippen LogP contribution in [0.4, 0.5) is 13.2 Å². The number of hydrogen-bond donors (Lipinski definition) is 2. The number of carbonyl (C=O) groups is 2. The van der Waals surface area contributed by atoms with Gasteiger partial charge in [-0.1, -0.05) is 24.3 Å². The molecule has 8 heteroatoms. The monoisotopic (exact) mass is 305 g/mol. The molecule has 1 aromatic carbocycles. The molecule has 21 heavy (non-hydrogen) atoms. The molecule has 2 N–H and O–H groups in total. The van der Waals surface area contributed by atoms with Gasteiger partial charge in [-0.05, 0) is 11.1 Å². The Hall–Kier alpha value is -2.09. The summed E-state index contributed by atoms with van der Waals surface area (Å²) < 4.78 is 40.4. The van der Waals surface area contributed by atoms with Crippen molar-refractivity contribution in [2.75, 3.05) is 13.7 Å². The average molecular weight is 305 g/mol. The molecule has 0 aliphatic heterocycles. The lowest BCUT2D eigenvalue weighted by Gasteiger charge is -2.13. The fourth-order valence-corrected chi connectivity index (χ4v) is 1.50. The number of amides is 1. The Morgan fingerprint density at radius 1 is 1.29 bits per heavy atom. The summed E-state index contributed by atoms with van der Waals surface area (Å²) in [5.41, 5.74) is 0.961. The van der Waals surface area contributed by atoms with E-state index in [2.05, 4.69) is 4.74 Å². The van der Waals surface area contributed by atoms with Crippen LogP contribution in [0.3, 0.4) is 0 Å². The second-order valence-electron chi connectivity index (χ2n) is 4.22. The van der Waals surface area contributed by atoms with E-state index < -0.39 is 30.7 Å². The lowest BCUT2D eigenvalue weighted by Crippen LogP contribution is -2.38. The second-order valence-corrected chi connectivity index (χ2v) is 4.22. The first kappa shape index (κ1) is 17.0. The number of hydrogen-bond acceptors (Lipinski definition) is 4. The molecule has 0 aromatic heterocycles. The molecule has 5 nitrogen and oxygen atoms in total. The average Bonchev–Trinajstić information content (AvgIpc) is 2.43. The van der Waals surface area contributed by atoms with Gasteiger partial charge in [-0.15, -0.1) is 0 Å². The standard InChI is InChI=1S/C13H14F3NO4/c1-21-11(19)6-8-2-4-9(5-3-8)10(18)7-17-12(20)13(14,15)16/h2-5,10,18H,6-7H2,1H3,(H,17,20). The minimum atomic E-state index is -4.98. The Morgan fingerprint density at radius 3 is 2.33 bits per heavy atom. The largest absolute Gasteiger partial charge is 0.471 e. The Bertz CT molecular complexity index is 499. The first-order valence-electron chi connectivity index (χ1n) is 5.92. The minimum absolute atomic E-state index is 0.0533. The lowest BCUT2D eigenvalue weighted by atomic mass is 10.1. The normalized spacial score (nSPS) is 12.6. The summed E-state index contributed by atoms with van der Waals surface area (Å²) in [6.45, 7) is -0.561. The third-order valence-corrected chi connectivity index (χ3v) is 2.65. The summed E-state index contributed by atoms with van der Waals surface area (Å²) in [4.78, 5) is 21.7. The maximum Gasteiger partial charge on any atom is 0.471 e. The van der Waals surface area contributed by atoms with Crippen molar-refractivity contribution in [1.82, 2.24) is 5.32 Å². The van der Waals surface area contributed by atoms with Crippen LogP contribution in [0.5, 0.6) is 0 Å². The molecule has 0 radical (unpaired) electrons. The zero-order valence-corrected chi connectivity index (χ0v) is 11.1. The molecule has 0 saturated heterocycles. The first-order valence-corrected chi connectivity index (χ1v) is 5.92. The summed E-state index contributed by atoms with van der Waals surface area (Å²) in [6.07, 6.45) is -6.20. The SMILES string of the molecule is COC(=O)Cc1ccc(C(O)CNC(=O)C(F)(F)F)cc1. The maximum atomic E-state index is 12.0. The van der Waals surface area contributed by atoms with Crippen molar-refractivity contribution in [1.29, 1.82) is 0 Å². The van der Waals surface area contributed by atoms with Crippen LogP contribution in [0.1, 0.15) is 17.2 Å². The Labute approximate surface area is 118 Å². The summed E-state index contributed by atoms with van der Waals surface area (Å²) in [5, 5.41) is 11.3. The summed E-state index contributed by atoms with van der Waals surface area (Å²) in [6, 6.07) is 6.01. The van der Waals surface area contributed by atoms with Crippen LogP contribution in [0.15, 0.2) is 24.3 Å². The van der Waals surface area contributed by atoms with Crippen molar-refractivity contribution < 1.29 is 32.6 Å². The number of benzene rings is 1. The molecule has 1 amide bonds. The predicted octanol–water partition coefficient (Wildman–Crippen LogP) is 1.11. The topological polar surface area (TPSA) is 75.6 Å². The molecule has 0 bridgehead atoms. The van der Waals surface area contributed by atoms with E-state index in [1.807, 2.05) is 0 Å². The number of methoxy groups -OCH3 is 1. The van der Waals surface area contributed by atoms with Crippen LogP contribution >= 0.6 is 0 Å². The highest BCUT2D eigenvalue weighted by molar-refractivity contribution is 5.81. The van der Waals surface area contributed by atoms with Gasteiger partial charge in [0.15, 0.2) is 0 Å². The molecular formula is C13H14F3NO4. The molecular weight excluding hydrogens is 291 g/mol. The highest BCUT2D eigenvalue weighted by Gasteiger charge is 2.38. The second kappa shape index (κ2) is 7.07. The summed E-state index contributed by atoms with van der Waals surface area (Å²) in [5.74, 6) is -2.54. The third-order valence-electron chi connectivity index (χ3n) is 2.65. The molecule has 1 rings (SSSR count). The summed E-state index contributed by atoms with van der Waals surface area (Å²) in [7, 11) is 1.25. The molecule has 1 atom stereocenters. The van der Waals surface area contributed by atoms with E-state index in [1.165, 1.54) is 19.2 Å². The van der Waals surface area contributed by atoms with Gasteiger partial charge in [0.25, 0.3) is 0 Å². The fourth-order valence-electron chi connectivity index (χ4n) is 1.50. The van der Waals surface area contributed by atoms with Crippen molar-refractivity contribution in [3.05, 3.63) is 35.4 Å². The van der Waals surface area contributed by atoms with E-state index in [0.29, 0.717) is 11.1 Å².